The highest BCUT2D eigenvalue weighted by molar-refractivity contribution is 5.21. The first kappa shape index (κ1) is 19.8. The minimum Gasteiger partial charge on any atom is -0.473 e. The number of benzene rings is 1. The Morgan fingerprint density at radius 2 is 2.00 bits per heavy atom. The second-order valence-electron chi connectivity index (χ2n) is 7.35. The van der Waals surface area contributed by atoms with Gasteiger partial charge in [0.1, 0.15) is 18.2 Å². The van der Waals surface area contributed by atoms with Gasteiger partial charge in [-0.3, -0.25) is 0 Å². The number of ether oxygens (including phenoxy) is 1. The summed E-state index contributed by atoms with van der Waals surface area (Å²) in [6.07, 6.45) is 7.21. The Kier molecular flexibility index (Phi) is 6.83. The summed E-state index contributed by atoms with van der Waals surface area (Å²) in [6.45, 7) is 2.79. The lowest BCUT2D eigenvalue weighted by Gasteiger charge is -2.30. The first-order chi connectivity index (χ1) is 13.1. The minimum absolute atomic E-state index is 0.0185. The average Bonchev–Trinajstić information content (AvgIpc) is 3.07. The van der Waals surface area contributed by atoms with Gasteiger partial charge in [0.2, 0.25) is 5.88 Å². The lowest BCUT2D eigenvalue weighted by molar-refractivity contribution is 0.193. The Morgan fingerprint density at radius 1 is 1.22 bits per heavy atom. The molecule has 1 atom stereocenters. The average molecular weight is 377 g/mol. The Bertz CT molecular complexity index is 741. The molecule has 1 fully saturated rings. The number of rotatable bonds is 8. The molecular weight excluding hydrogens is 348 g/mol. The first-order valence-electron chi connectivity index (χ1n) is 9.92. The predicted octanol–water partition coefficient (Wildman–Crippen LogP) is 4.99. The second kappa shape index (κ2) is 9.31. The molecule has 1 aliphatic carbocycles. The normalized spacial score (nSPS) is 16.4. The van der Waals surface area contributed by atoms with E-state index in [1.807, 2.05) is 17.8 Å². The lowest BCUT2D eigenvalue weighted by atomic mass is 9.83. The van der Waals surface area contributed by atoms with Crippen LogP contribution in [0.25, 0.3) is 0 Å². The van der Waals surface area contributed by atoms with E-state index in [0.29, 0.717) is 18.3 Å². The van der Waals surface area contributed by atoms with E-state index in [9.17, 15) is 8.78 Å². The number of nitrogens with one attached hydrogen (secondary N) is 1. The summed E-state index contributed by atoms with van der Waals surface area (Å²) >= 11 is 0. The van der Waals surface area contributed by atoms with E-state index in [0.717, 1.165) is 24.2 Å². The minimum atomic E-state index is -0.465. The third kappa shape index (κ3) is 4.86. The molecule has 27 heavy (non-hydrogen) atoms. The summed E-state index contributed by atoms with van der Waals surface area (Å²) < 4.78 is 35.3. The molecule has 0 spiro atoms. The van der Waals surface area contributed by atoms with Gasteiger partial charge in [-0.1, -0.05) is 26.2 Å². The third-order valence-electron chi connectivity index (χ3n) is 5.42. The first-order valence-corrected chi connectivity index (χ1v) is 9.92. The van der Waals surface area contributed by atoms with Crippen molar-refractivity contribution in [3.05, 3.63) is 47.2 Å². The summed E-state index contributed by atoms with van der Waals surface area (Å²) in [5, 5.41) is 7.87. The van der Waals surface area contributed by atoms with E-state index in [1.54, 1.807) is 0 Å². The third-order valence-corrected chi connectivity index (χ3v) is 5.42. The number of hydrogen-bond donors (Lipinski definition) is 1. The lowest BCUT2D eigenvalue weighted by Crippen LogP contribution is -2.23. The molecule has 6 heteroatoms. The fourth-order valence-electron chi connectivity index (χ4n) is 4.07. The van der Waals surface area contributed by atoms with Crippen LogP contribution < -0.4 is 10.1 Å². The number of nitrogens with zero attached hydrogens (tertiary/aromatic N) is 2. The summed E-state index contributed by atoms with van der Waals surface area (Å²) in [5.74, 6) is 0.283. The van der Waals surface area contributed by atoms with Crippen molar-refractivity contribution in [3.8, 4) is 5.88 Å². The molecule has 1 aromatic heterocycles. The molecule has 1 saturated carbocycles. The SMILES string of the molecule is CCC(C1CCCCC1)n1nc(CNC)cc1OCc1cc(F)ccc1F. The van der Waals surface area contributed by atoms with Gasteiger partial charge in [0.05, 0.1) is 11.7 Å². The summed E-state index contributed by atoms with van der Waals surface area (Å²) in [7, 11) is 1.88. The Hall–Kier alpha value is -1.95. The standard InChI is InChI=1S/C21H29F2N3O/c1-3-20(15-7-5-4-6-8-15)26-21(12-18(25-26)13-24-2)27-14-16-11-17(22)9-10-19(16)23/h9-12,15,20,24H,3-8,13-14H2,1-2H3. The van der Waals surface area contributed by atoms with Gasteiger partial charge in [-0.25, -0.2) is 13.5 Å². The van der Waals surface area contributed by atoms with E-state index in [2.05, 4.69) is 12.2 Å². The molecular formula is C21H29F2N3O. The highest BCUT2D eigenvalue weighted by atomic mass is 19.1. The van der Waals surface area contributed by atoms with E-state index in [1.165, 1.54) is 38.2 Å². The van der Waals surface area contributed by atoms with Crippen LogP contribution in [0.4, 0.5) is 8.78 Å². The highest BCUT2D eigenvalue weighted by Gasteiger charge is 2.27. The maximum Gasteiger partial charge on any atom is 0.212 e. The molecule has 2 aromatic rings. The van der Waals surface area contributed by atoms with Crippen molar-refractivity contribution in [1.29, 1.82) is 0 Å². The van der Waals surface area contributed by atoms with Gasteiger partial charge in [0, 0.05) is 18.2 Å². The van der Waals surface area contributed by atoms with E-state index >= 15 is 0 Å². The van der Waals surface area contributed by atoms with Gasteiger partial charge in [-0.2, -0.15) is 5.10 Å². The topological polar surface area (TPSA) is 39.1 Å². The van der Waals surface area contributed by atoms with Crippen molar-refractivity contribution >= 4 is 0 Å². The van der Waals surface area contributed by atoms with Crippen molar-refractivity contribution in [2.24, 2.45) is 5.92 Å². The molecule has 4 nitrogen and oxygen atoms in total. The van der Waals surface area contributed by atoms with Gasteiger partial charge in [0.25, 0.3) is 0 Å². The van der Waals surface area contributed by atoms with Crippen molar-refractivity contribution < 1.29 is 13.5 Å². The molecule has 1 N–H and O–H groups in total. The van der Waals surface area contributed by atoms with Crippen LogP contribution in [-0.2, 0) is 13.2 Å². The summed E-state index contributed by atoms with van der Waals surface area (Å²) in [6, 6.07) is 5.60. The molecule has 1 heterocycles. The second-order valence-corrected chi connectivity index (χ2v) is 7.35. The number of hydrogen-bond acceptors (Lipinski definition) is 3. The van der Waals surface area contributed by atoms with E-state index in [-0.39, 0.29) is 18.2 Å². The van der Waals surface area contributed by atoms with Crippen LogP contribution in [0.15, 0.2) is 24.3 Å². The number of halogens is 2. The fourth-order valence-corrected chi connectivity index (χ4v) is 4.07. The van der Waals surface area contributed by atoms with Crippen LogP contribution in [0.5, 0.6) is 5.88 Å². The fraction of sp³-hybridized carbons (Fsp3) is 0.571. The largest absolute Gasteiger partial charge is 0.473 e. The van der Waals surface area contributed by atoms with Crippen molar-refractivity contribution in [2.45, 2.75) is 64.6 Å². The Labute approximate surface area is 159 Å². The van der Waals surface area contributed by atoms with Crippen molar-refractivity contribution in [3.63, 3.8) is 0 Å². The van der Waals surface area contributed by atoms with Gasteiger partial charge in [-0.05, 0) is 50.4 Å². The summed E-state index contributed by atoms with van der Waals surface area (Å²) in [5.41, 5.74) is 1.10. The maximum absolute atomic E-state index is 13.9. The van der Waals surface area contributed by atoms with E-state index < -0.39 is 11.6 Å². The highest BCUT2D eigenvalue weighted by Crippen LogP contribution is 2.37. The molecule has 1 aromatic carbocycles. The molecule has 0 amide bonds. The smallest absolute Gasteiger partial charge is 0.212 e. The quantitative estimate of drug-likeness (QED) is 0.704. The maximum atomic E-state index is 13.9. The zero-order chi connectivity index (χ0) is 19.2. The van der Waals surface area contributed by atoms with Crippen molar-refractivity contribution in [2.75, 3.05) is 7.05 Å². The predicted molar refractivity (Wildman–Crippen MR) is 102 cm³/mol. The molecule has 1 unspecified atom stereocenters. The van der Waals surface area contributed by atoms with Crippen LogP contribution in [-0.4, -0.2) is 16.8 Å². The monoisotopic (exact) mass is 377 g/mol. The van der Waals surface area contributed by atoms with Crippen LogP contribution >= 0.6 is 0 Å². The van der Waals surface area contributed by atoms with Gasteiger partial charge in [0.15, 0.2) is 0 Å². The summed E-state index contributed by atoms with van der Waals surface area (Å²) in [4.78, 5) is 0. The molecule has 0 bridgehead atoms. The molecule has 0 saturated heterocycles. The molecule has 1 aliphatic rings. The van der Waals surface area contributed by atoms with Gasteiger partial charge < -0.3 is 10.1 Å². The number of aromatic nitrogens is 2. The van der Waals surface area contributed by atoms with Crippen LogP contribution in [0.1, 0.15) is 62.7 Å². The molecule has 0 radical (unpaired) electrons. The zero-order valence-electron chi connectivity index (χ0n) is 16.2. The van der Waals surface area contributed by atoms with E-state index in [4.69, 9.17) is 9.84 Å². The van der Waals surface area contributed by atoms with Crippen LogP contribution in [0.3, 0.4) is 0 Å². The van der Waals surface area contributed by atoms with Crippen LogP contribution in [0.2, 0.25) is 0 Å². The molecule has 3 rings (SSSR count). The molecule has 0 aliphatic heterocycles. The Balaban J connectivity index is 1.83. The van der Waals surface area contributed by atoms with Crippen LogP contribution in [0, 0.1) is 17.6 Å². The van der Waals surface area contributed by atoms with Crippen molar-refractivity contribution in [1.82, 2.24) is 15.1 Å². The molecule has 148 valence electrons. The van der Waals surface area contributed by atoms with Gasteiger partial charge in [-0.15, -0.1) is 0 Å². The van der Waals surface area contributed by atoms with Gasteiger partial charge >= 0.3 is 0 Å². The Morgan fingerprint density at radius 3 is 2.70 bits per heavy atom. The zero-order valence-corrected chi connectivity index (χ0v) is 16.2.